The van der Waals surface area contributed by atoms with E-state index in [2.05, 4.69) is 4.90 Å². The fraction of sp³-hybridized carbons (Fsp3) is 0.611. The van der Waals surface area contributed by atoms with Gasteiger partial charge in [0.05, 0.1) is 21.3 Å². The van der Waals surface area contributed by atoms with Gasteiger partial charge in [-0.05, 0) is 12.8 Å². The van der Waals surface area contributed by atoms with Crippen molar-refractivity contribution >= 4 is 11.6 Å². The van der Waals surface area contributed by atoms with E-state index in [1.165, 1.54) is 0 Å². The molecule has 138 valence electrons. The Balaban J connectivity index is 1.69. The topological polar surface area (TPSA) is 60.5 Å². The van der Waals surface area contributed by atoms with Gasteiger partial charge in [0.15, 0.2) is 11.5 Å². The van der Waals surface area contributed by atoms with Crippen molar-refractivity contribution in [3.8, 4) is 17.2 Å². The van der Waals surface area contributed by atoms with Crippen molar-refractivity contribution in [2.24, 2.45) is 0 Å². The average molecular weight is 350 g/mol. The highest BCUT2D eigenvalue weighted by Gasteiger charge is 2.30. The van der Waals surface area contributed by atoms with E-state index in [0.717, 1.165) is 31.6 Å². The average Bonchev–Trinajstić information content (AvgIpc) is 3.21. The quantitative estimate of drug-likeness (QED) is 0.803. The van der Waals surface area contributed by atoms with E-state index in [9.17, 15) is 4.79 Å². The molecule has 25 heavy (non-hydrogen) atoms. The fourth-order valence-electron chi connectivity index (χ4n) is 3.41. The third kappa shape index (κ3) is 3.61. The number of ether oxygens (including phenoxy) is 4. The molecule has 1 amide bonds. The third-order valence-corrected chi connectivity index (χ3v) is 4.81. The fourth-order valence-corrected chi connectivity index (χ4v) is 3.41. The predicted molar refractivity (Wildman–Crippen MR) is 93.9 cm³/mol. The molecule has 0 spiro atoms. The minimum atomic E-state index is -0.243. The molecular formula is C18H26N2O5. The smallest absolute Gasteiger partial charge is 0.251 e. The van der Waals surface area contributed by atoms with Crippen LogP contribution in [-0.2, 0) is 9.53 Å². The lowest BCUT2D eigenvalue weighted by atomic mass is 10.1. The van der Waals surface area contributed by atoms with Crippen molar-refractivity contribution in [1.82, 2.24) is 4.90 Å². The summed E-state index contributed by atoms with van der Waals surface area (Å²) in [6, 6.07) is 3.89. The van der Waals surface area contributed by atoms with Crippen LogP contribution in [0.15, 0.2) is 12.1 Å². The summed E-state index contributed by atoms with van der Waals surface area (Å²) in [6.45, 7) is 3.60. The molecule has 2 aliphatic heterocycles. The predicted octanol–water partition coefficient (Wildman–Crippen LogP) is 1.54. The van der Waals surface area contributed by atoms with Gasteiger partial charge in [0.1, 0.15) is 6.10 Å². The number of nitrogens with zero attached hydrogens (tertiary/aromatic N) is 2. The maximum atomic E-state index is 12.5. The molecule has 0 N–H and O–H groups in total. The molecule has 1 aromatic rings. The van der Waals surface area contributed by atoms with Crippen LogP contribution >= 0.6 is 0 Å². The Hall–Kier alpha value is -2.15. The van der Waals surface area contributed by atoms with Crippen molar-refractivity contribution in [3.05, 3.63) is 12.1 Å². The molecule has 0 radical (unpaired) electrons. The van der Waals surface area contributed by atoms with Gasteiger partial charge in [-0.15, -0.1) is 0 Å². The van der Waals surface area contributed by atoms with Crippen LogP contribution in [0, 0.1) is 0 Å². The van der Waals surface area contributed by atoms with Gasteiger partial charge in [-0.3, -0.25) is 4.79 Å². The Morgan fingerprint density at radius 1 is 1.04 bits per heavy atom. The molecule has 0 bridgehead atoms. The summed E-state index contributed by atoms with van der Waals surface area (Å²) in [6.07, 6.45) is 1.57. The lowest BCUT2D eigenvalue weighted by Crippen LogP contribution is -2.51. The number of anilines is 1. The number of hydrogen-bond donors (Lipinski definition) is 0. The number of piperazine rings is 1. The minimum Gasteiger partial charge on any atom is -0.493 e. The van der Waals surface area contributed by atoms with Gasteiger partial charge < -0.3 is 28.7 Å². The number of carbonyl (C=O) groups excluding carboxylic acids is 1. The molecule has 1 aromatic carbocycles. The molecule has 2 fully saturated rings. The summed E-state index contributed by atoms with van der Waals surface area (Å²) < 4.78 is 21.7. The number of rotatable bonds is 5. The van der Waals surface area contributed by atoms with Crippen LogP contribution in [-0.4, -0.2) is 71.0 Å². The molecule has 7 nitrogen and oxygen atoms in total. The van der Waals surface area contributed by atoms with E-state index >= 15 is 0 Å². The second-order valence-electron chi connectivity index (χ2n) is 6.20. The van der Waals surface area contributed by atoms with E-state index in [1.807, 2.05) is 17.0 Å². The summed E-state index contributed by atoms with van der Waals surface area (Å²) in [4.78, 5) is 16.6. The second kappa shape index (κ2) is 7.82. The zero-order chi connectivity index (χ0) is 17.8. The van der Waals surface area contributed by atoms with Gasteiger partial charge in [0.2, 0.25) is 5.75 Å². The summed E-state index contributed by atoms with van der Waals surface area (Å²) >= 11 is 0. The molecule has 2 heterocycles. The van der Waals surface area contributed by atoms with Gasteiger partial charge in [-0.25, -0.2) is 0 Å². The van der Waals surface area contributed by atoms with Crippen molar-refractivity contribution in [3.63, 3.8) is 0 Å². The molecule has 0 aliphatic carbocycles. The van der Waals surface area contributed by atoms with Crippen molar-refractivity contribution in [2.45, 2.75) is 18.9 Å². The second-order valence-corrected chi connectivity index (χ2v) is 6.20. The summed E-state index contributed by atoms with van der Waals surface area (Å²) in [7, 11) is 4.81. The van der Waals surface area contributed by atoms with Crippen LogP contribution in [0.4, 0.5) is 5.69 Å². The summed E-state index contributed by atoms with van der Waals surface area (Å²) in [5.41, 5.74) is 0.999. The number of benzene rings is 1. The largest absolute Gasteiger partial charge is 0.493 e. The highest BCUT2D eigenvalue weighted by molar-refractivity contribution is 5.81. The zero-order valence-corrected chi connectivity index (χ0v) is 15.1. The van der Waals surface area contributed by atoms with Crippen LogP contribution in [0.1, 0.15) is 12.8 Å². The van der Waals surface area contributed by atoms with Crippen molar-refractivity contribution in [1.29, 1.82) is 0 Å². The van der Waals surface area contributed by atoms with Crippen molar-refractivity contribution in [2.75, 3.05) is 59.0 Å². The van der Waals surface area contributed by atoms with E-state index in [0.29, 0.717) is 36.9 Å². The molecular weight excluding hydrogens is 324 g/mol. The molecule has 3 rings (SSSR count). The lowest BCUT2D eigenvalue weighted by molar-refractivity contribution is -0.141. The highest BCUT2D eigenvalue weighted by Crippen LogP contribution is 2.41. The van der Waals surface area contributed by atoms with Crippen LogP contribution in [0.3, 0.4) is 0 Å². The zero-order valence-electron chi connectivity index (χ0n) is 15.1. The van der Waals surface area contributed by atoms with Crippen LogP contribution in [0.5, 0.6) is 17.2 Å². The molecule has 1 atom stereocenters. The Bertz CT molecular complexity index is 582. The first-order chi connectivity index (χ1) is 12.2. The maximum absolute atomic E-state index is 12.5. The Labute approximate surface area is 148 Å². The summed E-state index contributed by atoms with van der Waals surface area (Å²) in [5.74, 6) is 1.98. The number of carbonyl (C=O) groups is 1. The first kappa shape index (κ1) is 17.7. The first-order valence-corrected chi connectivity index (χ1v) is 8.63. The minimum absolute atomic E-state index is 0.127. The lowest BCUT2D eigenvalue weighted by Gasteiger charge is -2.37. The van der Waals surface area contributed by atoms with Crippen LogP contribution in [0.25, 0.3) is 0 Å². The number of hydrogen-bond acceptors (Lipinski definition) is 6. The van der Waals surface area contributed by atoms with E-state index in [-0.39, 0.29) is 12.0 Å². The van der Waals surface area contributed by atoms with Gasteiger partial charge in [0.25, 0.3) is 5.91 Å². The van der Waals surface area contributed by atoms with Crippen molar-refractivity contribution < 1.29 is 23.7 Å². The number of methoxy groups -OCH3 is 3. The van der Waals surface area contributed by atoms with E-state index in [1.54, 1.807) is 21.3 Å². The Kier molecular flexibility index (Phi) is 5.53. The monoisotopic (exact) mass is 350 g/mol. The molecule has 0 aromatic heterocycles. The molecule has 1 unspecified atom stereocenters. The van der Waals surface area contributed by atoms with E-state index < -0.39 is 0 Å². The normalized spacial score (nSPS) is 20.5. The van der Waals surface area contributed by atoms with Crippen LogP contribution in [0.2, 0.25) is 0 Å². The molecule has 0 saturated carbocycles. The van der Waals surface area contributed by atoms with Gasteiger partial charge in [0, 0.05) is 50.6 Å². The van der Waals surface area contributed by atoms with Crippen LogP contribution < -0.4 is 19.1 Å². The third-order valence-electron chi connectivity index (χ3n) is 4.81. The molecule has 2 aliphatic rings. The van der Waals surface area contributed by atoms with Gasteiger partial charge in [-0.2, -0.15) is 0 Å². The summed E-state index contributed by atoms with van der Waals surface area (Å²) in [5, 5.41) is 0. The SMILES string of the molecule is COc1cc(N2CCN(C(=O)C3CCCO3)CC2)cc(OC)c1OC. The first-order valence-electron chi connectivity index (χ1n) is 8.63. The van der Waals surface area contributed by atoms with E-state index in [4.69, 9.17) is 18.9 Å². The van der Waals surface area contributed by atoms with Gasteiger partial charge in [-0.1, -0.05) is 0 Å². The standard InChI is InChI=1S/C18H26N2O5/c1-22-15-11-13(12-16(23-2)17(15)24-3)19-6-8-20(9-7-19)18(21)14-5-4-10-25-14/h11-12,14H,4-10H2,1-3H3. The van der Waals surface area contributed by atoms with Gasteiger partial charge >= 0.3 is 0 Å². The Morgan fingerprint density at radius 3 is 2.16 bits per heavy atom. The number of amides is 1. The molecule has 7 heteroatoms. The maximum Gasteiger partial charge on any atom is 0.251 e. The molecule has 2 saturated heterocycles. The Morgan fingerprint density at radius 2 is 1.68 bits per heavy atom. The highest BCUT2D eigenvalue weighted by atomic mass is 16.5.